The van der Waals surface area contributed by atoms with Crippen molar-refractivity contribution in [2.24, 2.45) is 5.84 Å². The lowest BCUT2D eigenvalue weighted by molar-refractivity contribution is 0.527. The minimum atomic E-state index is -0.233. The fourth-order valence-electron chi connectivity index (χ4n) is 1.88. The van der Waals surface area contributed by atoms with Gasteiger partial charge in [0.25, 0.3) is 0 Å². The van der Waals surface area contributed by atoms with Gasteiger partial charge in [-0.15, -0.1) is 0 Å². The maximum atomic E-state index is 13.7. The molecule has 5 heteroatoms. The van der Waals surface area contributed by atoms with E-state index in [-0.39, 0.29) is 11.9 Å². The normalized spacial score (nSPS) is 12.4. The highest BCUT2D eigenvalue weighted by atomic mass is 79.9. The van der Waals surface area contributed by atoms with Crippen molar-refractivity contribution in [2.45, 2.75) is 19.4 Å². The summed E-state index contributed by atoms with van der Waals surface area (Å²) in [6, 6.07) is 8.58. The van der Waals surface area contributed by atoms with Crippen LogP contribution in [0.4, 0.5) is 4.39 Å². The van der Waals surface area contributed by atoms with Crippen LogP contribution in [0.3, 0.4) is 0 Å². The molecule has 3 nitrogen and oxygen atoms in total. The monoisotopic (exact) mass is 323 g/mol. The van der Waals surface area contributed by atoms with E-state index < -0.39 is 0 Å². The molecule has 2 rings (SSSR count). The van der Waals surface area contributed by atoms with E-state index in [9.17, 15) is 4.39 Å². The van der Waals surface area contributed by atoms with Gasteiger partial charge in [-0.3, -0.25) is 16.3 Å². The molecule has 1 unspecified atom stereocenters. The molecule has 0 bridgehead atoms. The van der Waals surface area contributed by atoms with Gasteiger partial charge in [-0.1, -0.05) is 22.0 Å². The fourth-order valence-corrected chi connectivity index (χ4v) is 2.29. The van der Waals surface area contributed by atoms with E-state index in [1.165, 1.54) is 6.07 Å². The molecule has 100 valence electrons. The highest BCUT2D eigenvalue weighted by molar-refractivity contribution is 9.10. The van der Waals surface area contributed by atoms with Gasteiger partial charge >= 0.3 is 0 Å². The predicted molar refractivity (Wildman–Crippen MR) is 76.8 cm³/mol. The Labute approximate surface area is 120 Å². The van der Waals surface area contributed by atoms with E-state index in [0.29, 0.717) is 12.0 Å². The van der Waals surface area contributed by atoms with Gasteiger partial charge in [-0.05, 0) is 48.7 Å². The van der Waals surface area contributed by atoms with E-state index in [0.717, 1.165) is 15.7 Å². The van der Waals surface area contributed by atoms with Gasteiger partial charge < -0.3 is 0 Å². The van der Waals surface area contributed by atoms with Crippen LogP contribution in [-0.4, -0.2) is 4.98 Å². The third-order valence-corrected chi connectivity index (χ3v) is 3.46. The van der Waals surface area contributed by atoms with Crippen LogP contribution >= 0.6 is 15.9 Å². The van der Waals surface area contributed by atoms with Crippen molar-refractivity contribution in [3.63, 3.8) is 0 Å². The van der Waals surface area contributed by atoms with E-state index in [1.54, 1.807) is 18.3 Å². The molecular weight excluding hydrogens is 309 g/mol. The van der Waals surface area contributed by atoms with Crippen LogP contribution in [0.2, 0.25) is 0 Å². The number of rotatable bonds is 4. The number of pyridine rings is 1. The molecule has 1 aromatic carbocycles. The van der Waals surface area contributed by atoms with Gasteiger partial charge in [0.2, 0.25) is 0 Å². The molecule has 0 radical (unpaired) electrons. The van der Waals surface area contributed by atoms with Gasteiger partial charge in [0.1, 0.15) is 5.82 Å². The van der Waals surface area contributed by atoms with Gasteiger partial charge in [0, 0.05) is 16.4 Å². The lowest BCUT2D eigenvalue weighted by atomic mass is 10.0. The summed E-state index contributed by atoms with van der Waals surface area (Å²) < 4.78 is 14.6. The Balaban J connectivity index is 2.23. The number of hydrogen-bond acceptors (Lipinski definition) is 3. The number of hydrogen-bond donors (Lipinski definition) is 2. The number of halogens is 2. The maximum absolute atomic E-state index is 13.7. The van der Waals surface area contributed by atoms with Crippen LogP contribution < -0.4 is 11.3 Å². The molecule has 1 aromatic heterocycles. The zero-order chi connectivity index (χ0) is 13.8. The predicted octanol–water partition coefficient (Wildman–Crippen LogP) is 3.04. The smallest absolute Gasteiger partial charge is 0.126 e. The number of benzene rings is 1. The van der Waals surface area contributed by atoms with Crippen molar-refractivity contribution in [1.82, 2.24) is 10.4 Å². The largest absolute Gasteiger partial charge is 0.271 e. The number of aryl methyl sites for hydroxylation is 1. The lowest BCUT2D eigenvalue weighted by Gasteiger charge is -2.16. The van der Waals surface area contributed by atoms with Gasteiger partial charge in [-0.2, -0.15) is 0 Å². The van der Waals surface area contributed by atoms with Crippen LogP contribution in [-0.2, 0) is 6.42 Å². The highest BCUT2D eigenvalue weighted by Crippen LogP contribution is 2.22. The molecule has 1 atom stereocenters. The Morgan fingerprint density at radius 1 is 1.37 bits per heavy atom. The maximum Gasteiger partial charge on any atom is 0.126 e. The molecule has 3 N–H and O–H groups in total. The van der Waals surface area contributed by atoms with Crippen molar-refractivity contribution >= 4 is 15.9 Å². The van der Waals surface area contributed by atoms with Crippen LogP contribution in [0.15, 0.2) is 41.0 Å². The molecule has 1 heterocycles. The molecule has 0 saturated heterocycles. The molecule has 2 aromatic rings. The molecule has 0 aliphatic rings. The van der Waals surface area contributed by atoms with Crippen LogP contribution in [0.5, 0.6) is 0 Å². The van der Waals surface area contributed by atoms with E-state index in [2.05, 4.69) is 26.3 Å². The minimum Gasteiger partial charge on any atom is -0.271 e. The Kier molecular flexibility index (Phi) is 4.63. The fraction of sp³-hybridized carbons (Fsp3) is 0.214. The summed E-state index contributed by atoms with van der Waals surface area (Å²) in [7, 11) is 0. The second kappa shape index (κ2) is 6.23. The molecular formula is C14H15BrFN3. The highest BCUT2D eigenvalue weighted by Gasteiger charge is 2.13. The Morgan fingerprint density at radius 3 is 2.79 bits per heavy atom. The van der Waals surface area contributed by atoms with E-state index in [4.69, 9.17) is 5.84 Å². The molecule has 0 aliphatic heterocycles. The summed E-state index contributed by atoms with van der Waals surface area (Å²) in [5.41, 5.74) is 5.20. The Morgan fingerprint density at radius 2 is 2.16 bits per heavy atom. The van der Waals surface area contributed by atoms with Crippen LogP contribution in [0, 0.1) is 12.7 Å². The van der Waals surface area contributed by atoms with Gasteiger partial charge in [-0.25, -0.2) is 4.39 Å². The number of nitrogens with two attached hydrogens (primary N) is 1. The summed E-state index contributed by atoms with van der Waals surface area (Å²) in [6.07, 6.45) is 2.22. The van der Waals surface area contributed by atoms with E-state index in [1.807, 2.05) is 19.1 Å². The van der Waals surface area contributed by atoms with Crippen molar-refractivity contribution in [3.05, 3.63) is 63.6 Å². The summed E-state index contributed by atoms with van der Waals surface area (Å²) in [4.78, 5) is 4.23. The average Bonchev–Trinajstić information content (AvgIpc) is 2.41. The van der Waals surface area contributed by atoms with Crippen molar-refractivity contribution < 1.29 is 4.39 Å². The summed E-state index contributed by atoms with van der Waals surface area (Å²) >= 11 is 3.34. The molecule has 0 spiro atoms. The second-order valence-corrected chi connectivity index (χ2v) is 5.31. The number of nitrogens with one attached hydrogen (secondary N) is 1. The molecule has 0 saturated carbocycles. The van der Waals surface area contributed by atoms with Crippen LogP contribution in [0.25, 0.3) is 0 Å². The minimum absolute atomic E-state index is 0.170. The zero-order valence-electron chi connectivity index (χ0n) is 10.5. The van der Waals surface area contributed by atoms with Gasteiger partial charge in [0.15, 0.2) is 0 Å². The lowest BCUT2D eigenvalue weighted by Crippen LogP contribution is -2.30. The third kappa shape index (κ3) is 3.59. The number of hydrazine groups is 1. The van der Waals surface area contributed by atoms with Crippen LogP contribution in [0.1, 0.15) is 22.9 Å². The van der Waals surface area contributed by atoms with Crippen molar-refractivity contribution in [1.29, 1.82) is 0 Å². The first-order chi connectivity index (χ1) is 9.10. The molecule has 0 fully saturated rings. The van der Waals surface area contributed by atoms with Crippen molar-refractivity contribution in [3.8, 4) is 0 Å². The van der Waals surface area contributed by atoms with E-state index >= 15 is 0 Å². The first kappa shape index (κ1) is 14.1. The third-order valence-electron chi connectivity index (χ3n) is 2.97. The summed E-state index contributed by atoms with van der Waals surface area (Å²) in [6.45, 7) is 1.92. The van der Waals surface area contributed by atoms with Crippen molar-refractivity contribution in [2.75, 3.05) is 0 Å². The molecule has 0 aliphatic carbocycles. The SMILES string of the molecule is Cc1ccc(C(Cc2cc(Br)ccc2F)NN)cn1. The zero-order valence-corrected chi connectivity index (χ0v) is 12.1. The van der Waals surface area contributed by atoms with Gasteiger partial charge in [0.05, 0.1) is 6.04 Å². The summed E-state index contributed by atoms with van der Waals surface area (Å²) in [5, 5.41) is 0. The average molecular weight is 324 g/mol. The molecule has 0 amide bonds. The first-order valence-corrected chi connectivity index (χ1v) is 6.72. The molecule has 19 heavy (non-hydrogen) atoms. The topological polar surface area (TPSA) is 50.9 Å². The Hall–Kier alpha value is -1.30. The second-order valence-electron chi connectivity index (χ2n) is 4.39. The number of nitrogens with zero attached hydrogens (tertiary/aromatic N) is 1. The quantitative estimate of drug-likeness (QED) is 0.671. The first-order valence-electron chi connectivity index (χ1n) is 5.92. The summed E-state index contributed by atoms with van der Waals surface area (Å²) in [5.74, 6) is 5.33. The standard InChI is InChI=1S/C14H15BrFN3/c1-9-2-3-10(8-18-9)14(19-17)7-11-6-12(15)4-5-13(11)16/h2-6,8,14,19H,7,17H2,1H3. The number of aromatic nitrogens is 1. The Bertz CT molecular complexity index is 557.